The Bertz CT molecular complexity index is 468. The number of rotatable bonds is 3. The number of anilines is 1. The molecule has 0 saturated carbocycles. The van der Waals surface area contributed by atoms with Crippen molar-refractivity contribution in [2.75, 3.05) is 11.9 Å². The molecule has 0 amide bonds. The second kappa shape index (κ2) is 4.64. The maximum Gasteiger partial charge on any atom is 0.311 e. The number of carbonyl (C=O) groups is 1. The van der Waals surface area contributed by atoms with Gasteiger partial charge >= 0.3 is 5.97 Å². The second-order valence-electron chi connectivity index (χ2n) is 5.57. The first-order chi connectivity index (χ1) is 8.37. The van der Waals surface area contributed by atoms with Crippen LogP contribution < -0.4 is 9.74 Å². The van der Waals surface area contributed by atoms with Gasteiger partial charge in [-0.05, 0) is 49.8 Å². The van der Waals surface area contributed by atoms with E-state index in [-0.39, 0.29) is 0 Å². The number of hydrogen-bond acceptors (Lipinski definition) is 3. The van der Waals surface area contributed by atoms with Gasteiger partial charge in [0, 0.05) is 12.2 Å². The van der Waals surface area contributed by atoms with Gasteiger partial charge in [-0.3, -0.25) is 4.79 Å². The maximum atomic E-state index is 11.3. The quantitative estimate of drug-likeness (QED) is 0.825. The van der Waals surface area contributed by atoms with Crippen molar-refractivity contribution in [2.24, 2.45) is 0 Å². The van der Waals surface area contributed by atoms with Crippen molar-refractivity contribution in [3.63, 3.8) is 0 Å². The van der Waals surface area contributed by atoms with Gasteiger partial charge in [0.2, 0.25) is 8.32 Å². The summed E-state index contributed by atoms with van der Waals surface area (Å²) in [6.45, 7) is 7.04. The molecule has 5 heteroatoms. The minimum atomic E-state index is -1.66. The molecular formula is C13H19NO3Si. The van der Waals surface area contributed by atoms with E-state index < -0.39 is 20.2 Å². The molecule has 1 atom stereocenters. The molecule has 0 spiro atoms. The third-order valence-corrected chi connectivity index (χ3v) is 3.72. The third kappa shape index (κ3) is 2.84. The summed E-state index contributed by atoms with van der Waals surface area (Å²) in [6.07, 6.45) is 0.624. The molecule has 2 rings (SSSR count). The predicted molar refractivity (Wildman–Crippen MR) is 73.9 cm³/mol. The first-order valence-electron chi connectivity index (χ1n) is 6.16. The fourth-order valence-corrected chi connectivity index (χ4v) is 3.00. The summed E-state index contributed by atoms with van der Waals surface area (Å²) in [6, 6.07) is 5.70. The van der Waals surface area contributed by atoms with E-state index in [1.807, 2.05) is 18.2 Å². The van der Waals surface area contributed by atoms with Crippen LogP contribution in [0.5, 0.6) is 5.75 Å². The van der Waals surface area contributed by atoms with E-state index in [1.54, 1.807) is 0 Å². The van der Waals surface area contributed by atoms with Gasteiger partial charge in [-0.2, -0.15) is 0 Å². The van der Waals surface area contributed by atoms with Crippen LogP contribution in [0.15, 0.2) is 18.2 Å². The van der Waals surface area contributed by atoms with E-state index in [0.29, 0.717) is 13.0 Å². The van der Waals surface area contributed by atoms with E-state index in [4.69, 9.17) is 4.43 Å². The van der Waals surface area contributed by atoms with Crippen LogP contribution in [0.3, 0.4) is 0 Å². The normalized spacial score (nSPS) is 18.7. The molecule has 1 aliphatic rings. The lowest BCUT2D eigenvalue weighted by molar-refractivity contribution is -0.138. The molecule has 4 nitrogen and oxygen atoms in total. The molecule has 0 radical (unpaired) electrons. The Morgan fingerprint density at radius 1 is 1.44 bits per heavy atom. The summed E-state index contributed by atoms with van der Waals surface area (Å²) in [7, 11) is -1.66. The number of carboxylic acid groups (broad SMARTS) is 1. The minimum absolute atomic E-state index is 0.425. The summed E-state index contributed by atoms with van der Waals surface area (Å²) >= 11 is 0. The van der Waals surface area contributed by atoms with E-state index in [2.05, 4.69) is 25.0 Å². The Balaban J connectivity index is 2.34. The van der Waals surface area contributed by atoms with Crippen LogP contribution in [0, 0.1) is 0 Å². The van der Waals surface area contributed by atoms with Crippen LogP contribution in [0.4, 0.5) is 5.69 Å². The molecule has 0 aromatic heterocycles. The Labute approximate surface area is 108 Å². The maximum absolute atomic E-state index is 11.3. The fourth-order valence-electron chi connectivity index (χ4n) is 2.17. The first-order valence-corrected chi connectivity index (χ1v) is 9.57. The second-order valence-corrected chi connectivity index (χ2v) is 10.00. The smallest absolute Gasteiger partial charge is 0.311 e. The van der Waals surface area contributed by atoms with E-state index >= 15 is 0 Å². The number of benzene rings is 1. The summed E-state index contributed by atoms with van der Waals surface area (Å²) in [4.78, 5) is 11.3. The standard InChI is InChI=1S/C13H19NO3Si/c1-18(2,3)17-9-4-5-12-11(8-9)10(13(15)16)6-7-14-12/h4-5,8,10,14H,6-7H2,1-3H3,(H,15,16). The zero-order valence-electron chi connectivity index (χ0n) is 11.0. The SMILES string of the molecule is C[Si](C)(C)Oc1ccc2c(c1)C(C(=O)O)CCN2. The van der Waals surface area contributed by atoms with Crippen LogP contribution in [0.1, 0.15) is 17.9 Å². The molecule has 98 valence electrons. The summed E-state index contributed by atoms with van der Waals surface area (Å²) in [5.74, 6) is -0.405. The van der Waals surface area contributed by atoms with Crippen molar-refractivity contribution < 1.29 is 14.3 Å². The van der Waals surface area contributed by atoms with Gasteiger partial charge in [-0.1, -0.05) is 0 Å². The minimum Gasteiger partial charge on any atom is -0.544 e. The fraction of sp³-hybridized carbons (Fsp3) is 0.462. The largest absolute Gasteiger partial charge is 0.544 e. The molecule has 1 aromatic rings. The number of hydrogen-bond donors (Lipinski definition) is 2. The van der Waals surface area contributed by atoms with Gasteiger partial charge in [0.25, 0.3) is 0 Å². The number of carboxylic acids is 1. The lowest BCUT2D eigenvalue weighted by Gasteiger charge is -2.26. The Kier molecular flexibility index (Phi) is 3.34. The van der Waals surface area contributed by atoms with Gasteiger partial charge in [-0.15, -0.1) is 0 Å². The zero-order chi connectivity index (χ0) is 13.3. The topological polar surface area (TPSA) is 58.6 Å². The highest BCUT2D eigenvalue weighted by Gasteiger charge is 2.27. The summed E-state index contributed by atoms with van der Waals surface area (Å²) < 4.78 is 5.91. The van der Waals surface area contributed by atoms with E-state index in [1.165, 1.54) is 0 Å². The van der Waals surface area contributed by atoms with Gasteiger partial charge in [-0.25, -0.2) is 0 Å². The molecule has 0 saturated heterocycles. The first kappa shape index (κ1) is 13.0. The molecule has 1 heterocycles. The Hall–Kier alpha value is -1.49. The predicted octanol–water partition coefficient (Wildman–Crippen LogP) is 2.88. The van der Waals surface area contributed by atoms with Gasteiger partial charge in [0.1, 0.15) is 5.75 Å². The van der Waals surface area contributed by atoms with Crippen molar-refractivity contribution in [1.82, 2.24) is 0 Å². The van der Waals surface area contributed by atoms with E-state index in [0.717, 1.165) is 17.0 Å². The number of aliphatic carboxylic acids is 1. The Morgan fingerprint density at radius 2 is 2.17 bits per heavy atom. The summed E-state index contributed by atoms with van der Waals surface area (Å²) in [5, 5.41) is 12.5. The highest BCUT2D eigenvalue weighted by Crippen LogP contribution is 2.35. The van der Waals surface area contributed by atoms with Crippen molar-refractivity contribution in [1.29, 1.82) is 0 Å². The third-order valence-electron chi connectivity index (χ3n) is 2.87. The molecule has 0 aliphatic carbocycles. The average Bonchev–Trinajstić information content (AvgIpc) is 2.25. The van der Waals surface area contributed by atoms with Crippen molar-refractivity contribution >= 4 is 20.0 Å². The van der Waals surface area contributed by atoms with Gasteiger partial charge < -0.3 is 14.8 Å². The van der Waals surface area contributed by atoms with Crippen LogP contribution >= 0.6 is 0 Å². The van der Waals surface area contributed by atoms with Crippen LogP contribution in [0.25, 0.3) is 0 Å². The number of nitrogens with one attached hydrogen (secondary N) is 1. The molecular weight excluding hydrogens is 246 g/mol. The molecule has 0 bridgehead atoms. The monoisotopic (exact) mass is 265 g/mol. The molecule has 2 N–H and O–H groups in total. The molecule has 1 aliphatic heterocycles. The van der Waals surface area contributed by atoms with Gasteiger partial charge in [0.05, 0.1) is 5.92 Å². The van der Waals surface area contributed by atoms with Gasteiger partial charge in [0.15, 0.2) is 0 Å². The lowest BCUT2D eigenvalue weighted by Crippen LogP contribution is -2.29. The van der Waals surface area contributed by atoms with Crippen molar-refractivity contribution in [3.05, 3.63) is 23.8 Å². The van der Waals surface area contributed by atoms with Crippen molar-refractivity contribution in [2.45, 2.75) is 32.0 Å². The molecule has 18 heavy (non-hydrogen) atoms. The zero-order valence-corrected chi connectivity index (χ0v) is 12.0. The number of fused-ring (bicyclic) bond motifs is 1. The van der Waals surface area contributed by atoms with Crippen LogP contribution in [-0.4, -0.2) is 25.9 Å². The van der Waals surface area contributed by atoms with Crippen LogP contribution in [0.2, 0.25) is 19.6 Å². The molecule has 0 fully saturated rings. The molecule has 1 aromatic carbocycles. The Morgan fingerprint density at radius 3 is 2.78 bits per heavy atom. The van der Waals surface area contributed by atoms with Crippen molar-refractivity contribution in [3.8, 4) is 5.75 Å². The summed E-state index contributed by atoms with van der Waals surface area (Å²) in [5.41, 5.74) is 1.75. The molecule has 1 unspecified atom stereocenters. The van der Waals surface area contributed by atoms with E-state index in [9.17, 15) is 9.90 Å². The average molecular weight is 265 g/mol. The van der Waals surface area contributed by atoms with Crippen LogP contribution in [-0.2, 0) is 4.79 Å². The highest BCUT2D eigenvalue weighted by molar-refractivity contribution is 6.70. The highest BCUT2D eigenvalue weighted by atomic mass is 28.4. The lowest BCUT2D eigenvalue weighted by atomic mass is 9.91.